The quantitative estimate of drug-likeness (QED) is 0.500. The van der Waals surface area contributed by atoms with Gasteiger partial charge < -0.3 is 0 Å². The monoisotopic (exact) mass is 151 g/mol. The number of nitrogens with zero attached hydrogens (tertiary/aromatic N) is 1. The van der Waals surface area contributed by atoms with Crippen LogP contribution < -0.4 is 11.3 Å². The lowest BCUT2D eigenvalue weighted by molar-refractivity contribution is 0.526. The van der Waals surface area contributed by atoms with Gasteiger partial charge in [0.25, 0.3) is 0 Å². The van der Waals surface area contributed by atoms with Crippen LogP contribution in [0.1, 0.15) is 25.1 Å². The fourth-order valence-electron chi connectivity index (χ4n) is 0.994. The van der Waals surface area contributed by atoms with Crippen LogP contribution in [-0.2, 0) is 0 Å². The summed E-state index contributed by atoms with van der Waals surface area (Å²) < 4.78 is 0. The number of aromatic nitrogens is 1. The second-order valence-corrected chi connectivity index (χ2v) is 2.38. The van der Waals surface area contributed by atoms with Crippen LogP contribution in [0.15, 0.2) is 24.4 Å². The van der Waals surface area contributed by atoms with Crippen molar-refractivity contribution in [3.05, 3.63) is 30.1 Å². The van der Waals surface area contributed by atoms with Crippen molar-refractivity contribution in [2.24, 2.45) is 5.84 Å². The maximum atomic E-state index is 5.33. The van der Waals surface area contributed by atoms with Crippen LogP contribution >= 0.6 is 0 Å². The van der Waals surface area contributed by atoms with Gasteiger partial charge in [-0.1, -0.05) is 13.0 Å². The SMILES string of the molecule is CCC(NN)c1ccccn1. The van der Waals surface area contributed by atoms with Crippen molar-refractivity contribution in [1.82, 2.24) is 10.4 Å². The van der Waals surface area contributed by atoms with Gasteiger partial charge in [-0.3, -0.25) is 16.3 Å². The molecule has 0 amide bonds. The molecule has 11 heavy (non-hydrogen) atoms. The zero-order valence-electron chi connectivity index (χ0n) is 6.62. The average Bonchev–Trinajstić information content (AvgIpc) is 2.09. The highest BCUT2D eigenvalue weighted by Gasteiger charge is 2.05. The van der Waals surface area contributed by atoms with E-state index in [1.165, 1.54) is 0 Å². The summed E-state index contributed by atoms with van der Waals surface area (Å²) in [6.07, 6.45) is 2.73. The van der Waals surface area contributed by atoms with Crippen molar-refractivity contribution in [1.29, 1.82) is 0 Å². The molecule has 0 aromatic carbocycles. The van der Waals surface area contributed by atoms with Crippen molar-refractivity contribution in [3.63, 3.8) is 0 Å². The third kappa shape index (κ3) is 2.00. The first-order valence-electron chi connectivity index (χ1n) is 3.75. The molecule has 0 fully saturated rings. The summed E-state index contributed by atoms with van der Waals surface area (Å²) in [6.45, 7) is 2.07. The molecule has 3 heteroatoms. The van der Waals surface area contributed by atoms with Crippen molar-refractivity contribution in [2.45, 2.75) is 19.4 Å². The van der Waals surface area contributed by atoms with E-state index in [-0.39, 0.29) is 6.04 Å². The van der Waals surface area contributed by atoms with Crippen LogP contribution in [-0.4, -0.2) is 4.98 Å². The van der Waals surface area contributed by atoms with Gasteiger partial charge in [0.05, 0.1) is 11.7 Å². The lowest BCUT2D eigenvalue weighted by atomic mass is 10.1. The number of hydrazine groups is 1. The molecule has 3 N–H and O–H groups in total. The Balaban J connectivity index is 2.74. The Bertz CT molecular complexity index is 194. The minimum atomic E-state index is 0.177. The Morgan fingerprint density at radius 3 is 2.91 bits per heavy atom. The average molecular weight is 151 g/mol. The largest absolute Gasteiger partial charge is 0.271 e. The third-order valence-electron chi connectivity index (χ3n) is 1.65. The Labute approximate surface area is 66.6 Å². The van der Waals surface area contributed by atoms with Crippen molar-refractivity contribution in [3.8, 4) is 0 Å². The minimum Gasteiger partial charge on any atom is -0.271 e. The molecule has 1 heterocycles. The van der Waals surface area contributed by atoms with Gasteiger partial charge in [-0.25, -0.2) is 0 Å². The van der Waals surface area contributed by atoms with E-state index in [1.807, 2.05) is 18.2 Å². The Kier molecular flexibility index (Phi) is 3.01. The second kappa shape index (κ2) is 4.05. The summed E-state index contributed by atoms with van der Waals surface area (Å²) in [7, 11) is 0. The number of hydrogen-bond donors (Lipinski definition) is 2. The van der Waals surface area contributed by atoms with Crippen molar-refractivity contribution < 1.29 is 0 Å². The summed E-state index contributed by atoms with van der Waals surface area (Å²) in [5.41, 5.74) is 3.70. The molecule has 0 spiro atoms. The maximum Gasteiger partial charge on any atom is 0.0629 e. The zero-order chi connectivity index (χ0) is 8.10. The van der Waals surface area contributed by atoms with Gasteiger partial charge in [0, 0.05) is 6.20 Å². The molecule has 0 bridgehead atoms. The molecule has 1 rings (SSSR count). The minimum absolute atomic E-state index is 0.177. The van der Waals surface area contributed by atoms with Crippen LogP contribution in [0.5, 0.6) is 0 Å². The first kappa shape index (κ1) is 8.17. The van der Waals surface area contributed by atoms with E-state index in [9.17, 15) is 0 Å². The van der Waals surface area contributed by atoms with Gasteiger partial charge in [0.1, 0.15) is 0 Å². The van der Waals surface area contributed by atoms with E-state index >= 15 is 0 Å². The zero-order valence-corrected chi connectivity index (χ0v) is 6.62. The standard InChI is InChI=1S/C8H13N3/c1-2-7(11-9)8-5-3-4-6-10-8/h3-7,11H,2,9H2,1H3. The highest BCUT2D eigenvalue weighted by atomic mass is 15.2. The number of rotatable bonds is 3. The topological polar surface area (TPSA) is 50.9 Å². The van der Waals surface area contributed by atoms with E-state index in [0.29, 0.717) is 0 Å². The van der Waals surface area contributed by atoms with E-state index < -0.39 is 0 Å². The molecule has 3 nitrogen and oxygen atoms in total. The van der Waals surface area contributed by atoms with Gasteiger partial charge in [-0.15, -0.1) is 0 Å². The maximum absolute atomic E-state index is 5.33. The summed E-state index contributed by atoms with van der Waals surface area (Å²) >= 11 is 0. The molecule has 0 aliphatic carbocycles. The molecular weight excluding hydrogens is 138 g/mol. The molecule has 0 radical (unpaired) electrons. The van der Waals surface area contributed by atoms with Crippen LogP contribution in [0.4, 0.5) is 0 Å². The number of nitrogens with two attached hydrogens (primary N) is 1. The number of hydrogen-bond acceptors (Lipinski definition) is 3. The van der Waals surface area contributed by atoms with Gasteiger partial charge in [-0.05, 0) is 18.6 Å². The molecule has 1 aromatic rings. The molecule has 1 atom stereocenters. The normalized spacial score (nSPS) is 12.9. The lowest BCUT2D eigenvalue weighted by Crippen LogP contribution is -2.27. The van der Waals surface area contributed by atoms with Crippen molar-refractivity contribution in [2.75, 3.05) is 0 Å². The number of nitrogens with one attached hydrogen (secondary N) is 1. The first-order chi connectivity index (χ1) is 5.38. The summed E-state index contributed by atoms with van der Waals surface area (Å²) in [5.74, 6) is 5.33. The molecule has 1 aromatic heterocycles. The molecule has 0 aliphatic heterocycles. The lowest BCUT2D eigenvalue weighted by Gasteiger charge is -2.11. The Morgan fingerprint density at radius 2 is 2.45 bits per heavy atom. The summed E-state index contributed by atoms with van der Waals surface area (Å²) in [4.78, 5) is 4.18. The first-order valence-corrected chi connectivity index (χ1v) is 3.75. The van der Waals surface area contributed by atoms with E-state index in [4.69, 9.17) is 5.84 Å². The summed E-state index contributed by atoms with van der Waals surface area (Å²) in [5, 5.41) is 0. The molecular formula is C8H13N3. The van der Waals surface area contributed by atoms with Crippen LogP contribution in [0, 0.1) is 0 Å². The van der Waals surface area contributed by atoms with Crippen molar-refractivity contribution >= 4 is 0 Å². The van der Waals surface area contributed by atoms with E-state index in [0.717, 1.165) is 12.1 Å². The van der Waals surface area contributed by atoms with Crippen LogP contribution in [0.2, 0.25) is 0 Å². The Morgan fingerprint density at radius 1 is 1.64 bits per heavy atom. The molecule has 1 unspecified atom stereocenters. The molecule has 0 aliphatic rings. The number of pyridine rings is 1. The molecule has 60 valence electrons. The van der Waals surface area contributed by atoms with Crippen LogP contribution in [0.25, 0.3) is 0 Å². The predicted octanol–water partition coefficient (Wildman–Crippen LogP) is 0.996. The van der Waals surface area contributed by atoms with Crippen LogP contribution in [0.3, 0.4) is 0 Å². The van der Waals surface area contributed by atoms with Gasteiger partial charge in [0.15, 0.2) is 0 Å². The molecule has 0 saturated carbocycles. The predicted molar refractivity (Wildman–Crippen MR) is 44.6 cm³/mol. The van der Waals surface area contributed by atoms with E-state index in [1.54, 1.807) is 6.20 Å². The second-order valence-electron chi connectivity index (χ2n) is 2.38. The fourth-order valence-corrected chi connectivity index (χ4v) is 0.994. The van der Waals surface area contributed by atoms with Gasteiger partial charge in [-0.2, -0.15) is 0 Å². The Hall–Kier alpha value is -0.930. The van der Waals surface area contributed by atoms with Gasteiger partial charge in [0.2, 0.25) is 0 Å². The highest BCUT2D eigenvalue weighted by molar-refractivity contribution is 5.07. The third-order valence-corrected chi connectivity index (χ3v) is 1.65. The summed E-state index contributed by atoms with van der Waals surface area (Å²) in [6, 6.07) is 6.00. The molecule has 0 saturated heterocycles. The highest BCUT2D eigenvalue weighted by Crippen LogP contribution is 2.10. The van der Waals surface area contributed by atoms with E-state index in [2.05, 4.69) is 17.3 Å². The van der Waals surface area contributed by atoms with Gasteiger partial charge >= 0.3 is 0 Å². The smallest absolute Gasteiger partial charge is 0.0629 e. The fraction of sp³-hybridized carbons (Fsp3) is 0.375.